The highest BCUT2D eigenvalue weighted by Gasteiger charge is 2.31. The molecule has 4 N–H and O–H groups in total. The Hall–Kier alpha value is -5.66. The first-order valence-electron chi connectivity index (χ1n) is 18.5. The van der Waals surface area contributed by atoms with Crippen LogP contribution in [0.15, 0.2) is 73.1 Å². The number of pyridine rings is 1. The smallest absolute Gasteiger partial charge is 0.255 e. The molecular weight excluding hydrogens is 691 g/mol. The Kier molecular flexibility index (Phi) is 12.3. The van der Waals surface area contributed by atoms with Gasteiger partial charge in [-0.1, -0.05) is 56.3 Å². The minimum atomic E-state index is -1.17. The summed E-state index contributed by atoms with van der Waals surface area (Å²) < 4.78 is 22.2. The molecule has 13 nitrogen and oxygen atoms in total. The van der Waals surface area contributed by atoms with Crippen molar-refractivity contribution in [3.63, 3.8) is 0 Å². The van der Waals surface area contributed by atoms with E-state index in [9.17, 15) is 23.6 Å². The molecule has 2 bridgehead atoms. The summed E-state index contributed by atoms with van der Waals surface area (Å²) in [5.74, 6) is -0.722. The number of halogens is 1. The van der Waals surface area contributed by atoms with E-state index >= 15 is 0 Å². The van der Waals surface area contributed by atoms with E-state index in [-0.39, 0.29) is 43.0 Å². The zero-order valence-electron chi connectivity index (χ0n) is 30.8. The Balaban J connectivity index is 1.34. The number of benzene rings is 2. The van der Waals surface area contributed by atoms with Crippen LogP contribution in [0.25, 0.3) is 0 Å². The van der Waals surface area contributed by atoms with Gasteiger partial charge in [-0.25, -0.2) is 14.1 Å². The van der Waals surface area contributed by atoms with Gasteiger partial charge in [0, 0.05) is 19.0 Å². The number of aromatic nitrogens is 4. The number of nitrogens with zero attached hydrogens (tertiary/aromatic N) is 4. The first-order chi connectivity index (χ1) is 26.0. The summed E-state index contributed by atoms with van der Waals surface area (Å²) in [6.45, 7) is 5.78. The average molecular weight is 739 g/mol. The predicted octanol–water partition coefficient (Wildman–Crippen LogP) is 3.63. The summed E-state index contributed by atoms with van der Waals surface area (Å²) in [7, 11) is 0. The third-order valence-electron chi connectivity index (χ3n) is 9.44. The van der Waals surface area contributed by atoms with Crippen molar-refractivity contribution in [3.05, 3.63) is 107 Å². The largest absolute Gasteiger partial charge is 0.491 e. The molecule has 4 aromatic rings. The van der Waals surface area contributed by atoms with Crippen LogP contribution in [0.5, 0.6) is 5.75 Å². The lowest BCUT2D eigenvalue weighted by Gasteiger charge is -2.25. The maximum absolute atomic E-state index is 14.5. The van der Waals surface area contributed by atoms with E-state index in [4.69, 9.17) is 14.8 Å². The summed E-state index contributed by atoms with van der Waals surface area (Å²) in [5.41, 5.74) is 1.33. The Morgan fingerprint density at radius 2 is 1.74 bits per heavy atom. The maximum Gasteiger partial charge on any atom is 0.255 e. The van der Waals surface area contributed by atoms with Crippen LogP contribution in [0.1, 0.15) is 79.2 Å². The third kappa shape index (κ3) is 10.5. The zero-order chi connectivity index (χ0) is 38.2. The predicted molar refractivity (Wildman–Crippen MR) is 198 cm³/mol. The molecular formula is C40H47FN8O5. The molecule has 4 heterocycles. The standard InChI is InChI=1S/C40H47FN8O5/c1-24(2)17-29-23-54-30-13-11-27(12-14-30)19-34(46-39(52)31-15-16-42-21-32(31)41)40(53)43-25(3)38(51)45-33(18-26-7-5-4-6-8-26)37-47-35(20-28-9-10-28)48-49(37)22-36(50)44-29/h4-8,11-16,21,24-25,28-29,33-34H,9-10,17-20,22-23H2,1-3H3,(H,43,53)(H,44,50)(H,45,51)(H,46,52)/t25-,29+,33-,34+/m1/s1. The van der Waals surface area contributed by atoms with Crippen molar-refractivity contribution < 1.29 is 28.3 Å². The summed E-state index contributed by atoms with van der Waals surface area (Å²) in [6.07, 6.45) is 6.09. The van der Waals surface area contributed by atoms with E-state index in [1.54, 1.807) is 28.9 Å². The molecule has 4 atom stereocenters. The Bertz CT molecular complexity index is 1930. The van der Waals surface area contributed by atoms with Crippen molar-refractivity contribution >= 4 is 23.6 Å². The van der Waals surface area contributed by atoms with Crippen molar-refractivity contribution in [1.82, 2.24) is 41.0 Å². The first-order valence-corrected chi connectivity index (χ1v) is 18.5. The fourth-order valence-corrected chi connectivity index (χ4v) is 6.48. The van der Waals surface area contributed by atoms with Crippen LogP contribution < -0.4 is 26.0 Å². The molecule has 0 saturated heterocycles. The first kappa shape index (κ1) is 38.1. The second-order valence-corrected chi connectivity index (χ2v) is 14.6. The minimum Gasteiger partial charge on any atom is -0.491 e. The van der Waals surface area contributed by atoms with E-state index in [0.29, 0.717) is 48.1 Å². The molecule has 1 fully saturated rings. The van der Waals surface area contributed by atoms with Gasteiger partial charge in [0.1, 0.15) is 31.0 Å². The molecule has 2 aromatic heterocycles. The number of hydrogen-bond donors (Lipinski definition) is 4. The molecule has 1 saturated carbocycles. The normalized spacial score (nSPS) is 21.3. The second kappa shape index (κ2) is 17.4. The van der Waals surface area contributed by atoms with E-state index in [0.717, 1.165) is 24.6 Å². The van der Waals surface area contributed by atoms with E-state index < -0.39 is 41.7 Å². The van der Waals surface area contributed by atoms with Crippen LogP contribution in [0, 0.1) is 17.7 Å². The Morgan fingerprint density at radius 3 is 2.44 bits per heavy atom. The fraction of sp³-hybridized carbons (Fsp3) is 0.425. The number of rotatable bonds is 8. The molecule has 0 radical (unpaired) electrons. The van der Waals surface area contributed by atoms with Crippen LogP contribution in [0.2, 0.25) is 0 Å². The lowest BCUT2D eigenvalue weighted by molar-refractivity contribution is -0.130. The van der Waals surface area contributed by atoms with Crippen molar-refractivity contribution in [1.29, 1.82) is 0 Å². The topological polar surface area (TPSA) is 169 Å². The van der Waals surface area contributed by atoms with Gasteiger partial charge in [-0.2, -0.15) is 5.10 Å². The van der Waals surface area contributed by atoms with Gasteiger partial charge in [0.05, 0.1) is 23.8 Å². The van der Waals surface area contributed by atoms with E-state index in [2.05, 4.69) is 40.1 Å². The Labute approximate surface area is 313 Å². The highest BCUT2D eigenvalue weighted by atomic mass is 19.1. The fourth-order valence-electron chi connectivity index (χ4n) is 6.48. The van der Waals surface area contributed by atoms with Gasteiger partial charge in [-0.15, -0.1) is 0 Å². The van der Waals surface area contributed by atoms with Gasteiger partial charge in [0.2, 0.25) is 17.7 Å². The summed E-state index contributed by atoms with van der Waals surface area (Å²) in [5, 5.41) is 16.3. The number of hydrogen-bond acceptors (Lipinski definition) is 8. The molecule has 3 aliphatic rings. The molecule has 1 aliphatic carbocycles. The van der Waals surface area contributed by atoms with Gasteiger partial charge in [-0.05, 0) is 73.8 Å². The molecule has 284 valence electrons. The van der Waals surface area contributed by atoms with Crippen LogP contribution in [-0.2, 0) is 40.2 Å². The zero-order valence-corrected chi connectivity index (χ0v) is 30.8. The number of fused-ring (bicyclic) bond motifs is 14. The van der Waals surface area contributed by atoms with E-state index in [1.165, 1.54) is 19.2 Å². The number of carbonyl (C=O) groups excluding carboxylic acids is 4. The number of amides is 4. The van der Waals surface area contributed by atoms with Crippen LogP contribution in [-0.4, -0.2) is 68.1 Å². The van der Waals surface area contributed by atoms with Gasteiger partial charge in [0.25, 0.3) is 5.91 Å². The van der Waals surface area contributed by atoms with Gasteiger partial charge in [0.15, 0.2) is 17.5 Å². The second-order valence-electron chi connectivity index (χ2n) is 14.6. The number of carbonyl (C=O) groups is 4. The van der Waals surface area contributed by atoms with Gasteiger partial charge >= 0.3 is 0 Å². The molecule has 2 aromatic carbocycles. The lowest BCUT2D eigenvalue weighted by Crippen LogP contribution is -2.54. The number of nitrogens with one attached hydrogen (secondary N) is 4. The SMILES string of the molecule is CC(C)C[C@H]1COc2ccc(cc2)C[C@H](NC(=O)c2ccncc2F)C(=O)N[C@H](C)C(=O)N[C@H](Cc2ccccc2)c2nc(CC3CC3)nn2CC(=O)N1. The summed E-state index contributed by atoms with van der Waals surface area (Å²) in [4.78, 5) is 63.2. The quantitative estimate of drug-likeness (QED) is 0.213. The third-order valence-corrected chi connectivity index (χ3v) is 9.44. The number of ether oxygens (including phenoxy) is 1. The molecule has 7 rings (SSSR count). The van der Waals surface area contributed by atoms with Crippen molar-refractivity contribution in [2.45, 2.75) is 90.0 Å². The van der Waals surface area contributed by atoms with Gasteiger partial charge in [-0.3, -0.25) is 24.2 Å². The molecule has 0 spiro atoms. The molecule has 2 aliphatic heterocycles. The van der Waals surface area contributed by atoms with Crippen LogP contribution >= 0.6 is 0 Å². The Morgan fingerprint density at radius 1 is 0.981 bits per heavy atom. The summed E-state index contributed by atoms with van der Waals surface area (Å²) in [6, 6.07) is 14.6. The molecule has 4 amide bonds. The molecule has 0 unspecified atom stereocenters. The average Bonchev–Trinajstić information content (AvgIpc) is 3.87. The van der Waals surface area contributed by atoms with Crippen molar-refractivity contribution in [2.24, 2.45) is 11.8 Å². The van der Waals surface area contributed by atoms with Gasteiger partial charge < -0.3 is 26.0 Å². The lowest BCUT2D eigenvalue weighted by atomic mass is 10.0. The monoisotopic (exact) mass is 738 g/mol. The van der Waals surface area contributed by atoms with Crippen molar-refractivity contribution in [3.8, 4) is 5.75 Å². The molecule has 14 heteroatoms. The van der Waals surface area contributed by atoms with Crippen molar-refractivity contribution in [2.75, 3.05) is 6.61 Å². The van der Waals surface area contributed by atoms with Crippen LogP contribution in [0.3, 0.4) is 0 Å². The highest BCUT2D eigenvalue weighted by molar-refractivity contribution is 5.98. The highest BCUT2D eigenvalue weighted by Crippen LogP contribution is 2.32. The molecule has 54 heavy (non-hydrogen) atoms. The maximum atomic E-state index is 14.5. The minimum absolute atomic E-state index is 0.0361. The summed E-state index contributed by atoms with van der Waals surface area (Å²) >= 11 is 0. The van der Waals surface area contributed by atoms with E-state index in [1.807, 2.05) is 30.3 Å². The van der Waals surface area contributed by atoms with Crippen LogP contribution in [0.4, 0.5) is 4.39 Å².